The molecule has 0 radical (unpaired) electrons. The van der Waals surface area contributed by atoms with Crippen molar-refractivity contribution in [2.75, 3.05) is 40.3 Å². The van der Waals surface area contributed by atoms with E-state index in [1.54, 1.807) is 0 Å². The topological polar surface area (TPSA) is 15.7 Å². The van der Waals surface area contributed by atoms with E-state index in [-0.39, 0.29) is 12.1 Å². The predicted molar refractivity (Wildman–Crippen MR) is 45.6 cm³/mol. The molecule has 1 rings (SSSR count). The van der Waals surface area contributed by atoms with Crippen LogP contribution in [0.4, 0.5) is 4.53 Å². The van der Waals surface area contributed by atoms with Crippen LogP contribution in [0.25, 0.3) is 0 Å². The van der Waals surface area contributed by atoms with Crippen LogP contribution in [0.1, 0.15) is 6.92 Å². The Morgan fingerprint density at radius 3 is 2.67 bits per heavy atom. The molecular weight excluding hydrogens is 159 g/mol. The molecule has 1 saturated heterocycles. The van der Waals surface area contributed by atoms with Crippen LogP contribution in [0.3, 0.4) is 0 Å². The molecule has 3 nitrogen and oxygen atoms in total. The molecule has 0 aromatic carbocycles. The van der Waals surface area contributed by atoms with Gasteiger partial charge < -0.3 is 4.90 Å². The van der Waals surface area contributed by atoms with Crippen LogP contribution in [-0.2, 0) is 4.94 Å². The lowest BCUT2D eigenvalue weighted by molar-refractivity contribution is -0.173. The Bertz CT molecular complexity index is 156. The molecule has 0 aromatic rings. The molecule has 1 aliphatic rings. The normalized spacial score (nSPS) is 34.0. The van der Waals surface area contributed by atoms with E-state index in [4.69, 9.17) is 0 Å². The van der Waals surface area contributed by atoms with E-state index in [0.29, 0.717) is 0 Å². The maximum atomic E-state index is 11.8. The predicted octanol–water partition coefficient (Wildman–Crippen LogP) is 0.523. The van der Waals surface area contributed by atoms with Gasteiger partial charge in [-0.15, -0.1) is 0 Å². The highest BCUT2D eigenvalue weighted by Crippen LogP contribution is 2.19. The lowest BCUT2D eigenvalue weighted by Crippen LogP contribution is -2.60. The number of halogens is 1. The maximum absolute atomic E-state index is 11.8. The summed E-state index contributed by atoms with van der Waals surface area (Å²) in [4.78, 5) is 8.07. The Balaban J connectivity index is 2.57. The van der Waals surface area contributed by atoms with Gasteiger partial charge in [0.25, 0.3) is 0 Å². The van der Waals surface area contributed by atoms with Crippen LogP contribution in [-0.4, -0.2) is 55.7 Å². The van der Waals surface area contributed by atoms with E-state index in [2.05, 4.69) is 14.7 Å². The standard InChI is InChI=1S/C8H17FN2O/c1-8(7-12-9)6-10(2)4-5-11(8)3/h4-7H2,1-3H3. The molecule has 0 aliphatic carbocycles. The molecule has 0 saturated carbocycles. The Morgan fingerprint density at radius 1 is 1.42 bits per heavy atom. The fraction of sp³-hybridized carbons (Fsp3) is 1.00. The van der Waals surface area contributed by atoms with Crippen molar-refractivity contribution in [2.24, 2.45) is 0 Å². The molecule has 0 amide bonds. The summed E-state index contributed by atoms with van der Waals surface area (Å²) in [5.41, 5.74) is -0.179. The van der Waals surface area contributed by atoms with Crippen molar-refractivity contribution < 1.29 is 9.47 Å². The second-order valence-electron chi connectivity index (χ2n) is 3.91. The van der Waals surface area contributed by atoms with Gasteiger partial charge in [0.15, 0.2) is 0 Å². The second kappa shape index (κ2) is 3.68. The summed E-state index contributed by atoms with van der Waals surface area (Å²) in [7, 11) is 4.05. The summed E-state index contributed by atoms with van der Waals surface area (Å²) in [6.07, 6.45) is 0. The van der Waals surface area contributed by atoms with Crippen molar-refractivity contribution in [1.29, 1.82) is 0 Å². The Labute approximate surface area is 73.0 Å². The summed E-state index contributed by atoms with van der Waals surface area (Å²) >= 11 is 0. The van der Waals surface area contributed by atoms with E-state index in [9.17, 15) is 4.53 Å². The third-order valence-electron chi connectivity index (χ3n) is 2.71. The third-order valence-corrected chi connectivity index (χ3v) is 2.71. The van der Waals surface area contributed by atoms with Gasteiger partial charge in [0.2, 0.25) is 0 Å². The summed E-state index contributed by atoms with van der Waals surface area (Å²) in [6, 6.07) is 0. The SMILES string of the molecule is CN1CCN(C)C(C)(COF)C1. The van der Waals surface area contributed by atoms with Gasteiger partial charge in [0.05, 0.1) is 5.54 Å². The van der Waals surface area contributed by atoms with Crippen LogP contribution in [0.5, 0.6) is 0 Å². The minimum Gasteiger partial charge on any atom is -0.303 e. The van der Waals surface area contributed by atoms with Crippen molar-refractivity contribution >= 4 is 0 Å². The zero-order valence-electron chi connectivity index (χ0n) is 8.01. The highest BCUT2D eigenvalue weighted by molar-refractivity contribution is 4.90. The maximum Gasteiger partial charge on any atom is 0.107 e. The first-order valence-electron chi connectivity index (χ1n) is 4.22. The molecule has 72 valence electrons. The number of hydrogen-bond acceptors (Lipinski definition) is 3. The molecule has 12 heavy (non-hydrogen) atoms. The van der Waals surface area contributed by atoms with Crippen molar-refractivity contribution in [3.8, 4) is 0 Å². The minimum absolute atomic E-state index is 0.147. The Hall–Kier alpha value is -0.190. The highest BCUT2D eigenvalue weighted by Gasteiger charge is 2.34. The van der Waals surface area contributed by atoms with Gasteiger partial charge in [-0.05, 0) is 25.5 Å². The molecule has 0 spiro atoms. The first-order valence-corrected chi connectivity index (χ1v) is 4.22. The van der Waals surface area contributed by atoms with Crippen LogP contribution >= 0.6 is 0 Å². The molecule has 4 heteroatoms. The van der Waals surface area contributed by atoms with Crippen LogP contribution in [0.15, 0.2) is 0 Å². The van der Waals surface area contributed by atoms with E-state index in [0.717, 1.165) is 19.6 Å². The summed E-state index contributed by atoms with van der Waals surface area (Å²) in [5.74, 6) is 0. The van der Waals surface area contributed by atoms with E-state index >= 15 is 0 Å². The molecule has 1 fully saturated rings. The average Bonchev–Trinajstić information content (AvgIpc) is 1.98. The summed E-state index contributed by atoms with van der Waals surface area (Å²) in [5, 5.41) is 0. The molecule has 1 aliphatic heterocycles. The fourth-order valence-corrected chi connectivity index (χ4v) is 1.65. The van der Waals surface area contributed by atoms with Gasteiger partial charge in [-0.25, -0.2) is 0 Å². The molecule has 1 atom stereocenters. The van der Waals surface area contributed by atoms with E-state index in [1.807, 2.05) is 21.0 Å². The molecule has 0 aromatic heterocycles. The van der Waals surface area contributed by atoms with Crippen LogP contribution in [0.2, 0.25) is 0 Å². The lowest BCUT2D eigenvalue weighted by atomic mass is 9.98. The van der Waals surface area contributed by atoms with Gasteiger partial charge in [-0.2, -0.15) is 4.94 Å². The summed E-state index contributed by atoms with van der Waals surface area (Å²) < 4.78 is 11.8. The number of nitrogens with zero attached hydrogens (tertiary/aromatic N) is 2. The Kier molecular flexibility index (Phi) is 3.04. The van der Waals surface area contributed by atoms with Crippen molar-refractivity contribution in [3.63, 3.8) is 0 Å². The number of likely N-dealkylation sites (N-methyl/N-ethyl adjacent to an activating group) is 2. The van der Waals surface area contributed by atoms with Gasteiger partial charge in [-0.1, -0.05) is 0 Å². The quantitative estimate of drug-likeness (QED) is 0.610. The number of hydrogen-bond donors (Lipinski definition) is 0. The molecular formula is C8H17FN2O. The van der Waals surface area contributed by atoms with Crippen molar-refractivity contribution in [1.82, 2.24) is 9.80 Å². The number of piperazine rings is 1. The van der Waals surface area contributed by atoms with Crippen LogP contribution < -0.4 is 0 Å². The van der Waals surface area contributed by atoms with E-state index < -0.39 is 0 Å². The first-order chi connectivity index (χ1) is 5.58. The van der Waals surface area contributed by atoms with Crippen LogP contribution in [0, 0.1) is 0 Å². The molecule has 1 unspecified atom stereocenters. The van der Waals surface area contributed by atoms with Crippen molar-refractivity contribution in [3.05, 3.63) is 0 Å². The number of rotatable bonds is 2. The van der Waals surface area contributed by atoms with Gasteiger partial charge in [0.1, 0.15) is 6.61 Å². The third kappa shape index (κ3) is 1.94. The Morgan fingerprint density at radius 2 is 2.08 bits per heavy atom. The van der Waals surface area contributed by atoms with Gasteiger partial charge in [-0.3, -0.25) is 4.90 Å². The van der Waals surface area contributed by atoms with Crippen molar-refractivity contribution in [2.45, 2.75) is 12.5 Å². The molecule has 1 heterocycles. The molecule has 0 N–H and O–H groups in total. The smallest absolute Gasteiger partial charge is 0.107 e. The van der Waals surface area contributed by atoms with Gasteiger partial charge >= 0.3 is 0 Å². The average molecular weight is 176 g/mol. The van der Waals surface area contributed by atoms with E-state index in [1.165, 1.54) is 0 Å². The zero-order chi connectivity index (χ0) is 9.19. The first kappa shape index (κ1) is 9.89. The highest BCUT2D eigenvalue weighted by atomic mass is 19.3. The fourth-order valence-electron chi connectivity index (χ4n) is 1.65. The monoisotopic (exact) mass is 176 g/mol. The zero-order valence-corrected chi connectivity index (χ0v) is 8.01. The molecule has 0 bridgehead atoms. The second-order valence-corrected chi connectivity index (χ2v) is 3.91. The largest absolute Gasteiger partial charge is 0.303 e. The minimum atomic E-state index is -0.179. The van der Waals surface area contributed by atoms with Gasteiger partial charge in [0, 0.05) is 19.6 Å². The lowest BCUT2D eigenvalue weighted by Gasteiger charge is -2.45. The summed E-state index contributed by atoms with van der Waals surface area (Å²) in [6.45, 7) is 5.03.